The summed E-state index contributed by atoms with van der Waals surface area (Å²) in [5.74, 6) is 1.11. The van der Waals surface area contributed by atoms with E-state index in [0.29, 0.717) is 27.9 Å². The normalized spacial score (nSPS) is 24.3. The van der Waals surface area contributed by atoms with Gasteiger partial charge in [0.25, 0.3) is 5.91 Å². The number of nitrogens with zero attached hydrogens (tertiary/aromatic N) is 3. The first kappa shape index (κ1) is 22.0. The minimum absolute atomic E-state index is 0. The van der Waals surface area contributed by atoms with Crippen LogP contribution in [-0.4, -0.2) is 47.4 Å². The van der Waals surface area contributed by atoms with Crippen molar-refractivity contribution in [2.24, 2.45) is 11.8 Å². The highest BCUT2D eigenvalue weighted by atomic mass is 35.5. The Bertz CT molecular complexity index is 828. The van der Waals surface area contributed by atoms with Gasteiger partial charge < -0.3 is 10.6 Å². The van der Waals surface area contributed by atoms with Gasteiger partial charge in [0.15, 0.2) is 5.13 Å². The van der Waals surface area contributed by atoms with Crippen LogP contribution in [-0.2, 0) is 0 Å². The van der Waals surface area contributed by atoms with Gasteiger partial charge in [-0.1, -0.05) is 35.6 Å². The highest BCUT2D eigenvalue weighted by Crippen LogP contribution is 2.45. The molecule has 4 rings (SSSR count). The van der Waals surface area contributed by atoms with E-state index in [0.717, 1.165) is 25.3 Å². The van der Waals surface area contributed by atoms with Crippen LogP contribution in [0.25, 0.3) is 0 Å². The number of hydrogen-bond donors (Lipinski definition) is 1. The van der Waals surface area contributed by atoms with E-state index in [1.807, 2.05) is 11.8 Å². The van der Waals surface area contributed by atoms with Crippen LogP contribution in [0.2, 0.25) is 0 Å². The number of amides is 1. The molecular formula is C19H26Cl2N4OS. The number of anilines is 1. The third-order valence-corrected chi connectivity index (χ3v) is 6.67. The number of aryl methyl sites for hydroxylation is 2. The third-order valence-electron chi connectivity index (χ3n) is 5.70. The van der Waals surface area contributed by atoms with Crippen molar-refractivity contribution in [1.82, 2.24) is 14.8 Å². The zero-order chi connectivity index (χ0) is 17.7. The molecule has 8 heteroatoms. The molecule has 2 fully saturated rings. The number of carbonyl (C=O) groups excluding carboxylic acids is 1. The minimum atomic E-state index is 0. The second-order valence-corrected chi connectivity index (χ2v) is 8.37. The monoisotopic (exact) mass is 428 g/mol. The molecule has 2 aliphatic rings. The molecule has 1 amide bonds. The fourth-order valence-corrected chi connectivity index (χ4v) is 5.37. The van der Waals surface area contributed by atoms with Crippen molar-refractivity contribution in [1.29, 1.82) is 0 Å². The third kappa shape index (κ3) is 3.81. The number of likely N-dealkylation sites (tertiary alicyclic amines) is 2. The number of halogens is 2. The van der Waals surface area contributed by atoms with E-state index in [1.54, 1.807) is 0 Å². The number of carbonyl (C=O) groups is 1. The maximum absolute atomic E-state index is 12.9. The maximum Gasteiger partial charge on any atom is 0.265 e. The van der Waals surface area contributed by atoms with E-state index in [2.05, 4.69) is 48.1 Å². The Morgan fingerprint density at radius 3 is 2.52 bits per heavy atom. The number of hydrogen-bond acceptors (Lipinski definition) is 5. The lowest BCUT2D eigenvalue weighted by Crippen LogP contribution is -2.33. The van der Waals surface area contributed by atoms with Gasteiger partial charge in [0.1, 0.15) is 4.88 Å². The van der Waals surface area contributed by atoms with Gasteiger partial charge >= 0.3 is 0 Å². The summed E-state index contributed by atoms with van der Waals surface area (Å²) in [5.41, 5.74) is 9.24. The van der Waals surface area contributed by atoms with E-state index in [4.69, 9.17) is 5.73 Å². The molecule has 2 saturated heterocycles. The molecular weight excluding hydrogens is 403 g/mol. The molecule has 0 unspecified atom stereocenters. The number of rotatable bonds is 2. The Hall–Kier alpha value is -1.34. The van der Waals surface area contributed by atoms with Crippen molar-refractivity contribution in [2.45, 2.75) is 19.9 Å². The van der Waals surface area contributed by atoms with Crippen molar-refractivity contribution in [3.63, 3.8) is 0 Å². The van der Waals surface area contributed by atoms with Gasteiger partial charge in [0, 0.05) is 31.6 Å². The molecule has 3 heterocycles. The quantitative estimate of drug-likeness (QED) is 0.793. The molecule has 2 aliphatic heterocycles. The van der Waals surface area contributed by atoms with Crippen LogP contribution in [0.1, 0.15) is 32.5 Å². The SMILES string of the molecule is Cc1ccccc1[C@H]1[C@@H]2CN(C(=O)c3sc(N)nc3C)C[C@@H]2CN1C.Cl.Cl. The average molecular weight is 429 g/mol. The fourth-order valence-electron chi connectivity index (χ4n) is 4.57. The molecule has 2 aromatic rings. The number of benzene rings is 1. The first-order valence-corrected chi connectivity index (χ1v) is 9.55. The second kappa shape index (κ2) is 8.35. The summed E-state index contributed by atoms with van der Waals surface area (Å²) in [6.45, 7) is 6.72. The molecule has 1 aromatic heterocycles. The van der Waals surface area contributed by atoms with Gasteiger partial charge in [-0.25, -0.2) is 4.98 Å². The minimum Gasteiger partial charge on any atom is -0.375 e. The van der Waals surface area contributed by atoms with Gasteiger partial charge in [0.2, 0.25) is 0 Å². The van der Waals surface area contributed by atoms with Crippen LogP contribution in [0.4, 0.5) is 5.13 Å². The van der Waals surface area contributed by atoms with Crippen molar-refractivity contribution >= 4 is 47.2 Å². The van der Waals surface area contributed by atoms with E-state index >= 15 is 0 Å². The van der Waals surface area contributed by atoms with Gasteiger partial charge in [-0.15, -0.1) is 24.8 Å². The molecule has 0 aliphatic carbocycles. The van der Waals surface area contributed by atoms with E-state index in [-0.39, 0.29) is 30.7 Å². The van der Waals surface area contributed by atoms with Crippen LogP contribution in [0.15, 0.2) is 24.3 Å². The summed E-state index contributed by atoms with van der Waals surface area (Å²) in [7, 11) is 2.20. The molecule has 3 atom stereocenters. The summed E-state index contributed by atoms with van der Waals surface area (Å²) in [5, 5.41) is 0.470. The molecule has 0 saturated carbocycles. The summed E-state index contributed by atoms with van der Waals surface area (Å²) in [6.07, 6.45) is 0. The lowest BCUT2D eigenvalue weighted by molar-refractivity contribution is 0.0771. The van der Waals surface area contributed by atoms with Gasteiger partial charge in [-0.05, 0) is 37.9 Å². The zero-order valence-corrected chi connectivity index (χ0v) is 18.2. The zero-order valence-electron chi connectivity index (χ0n) is 15.7. The van der Waals surface area contributed by atoms with Crippen LogP contribution in [0.3, 0.4) is 0 Å². The second-order valence-electron chi connectivity index (χ2n) is 7.34. The van der Waals surface area contributed by atoms with Gasteiger partial charge in [-0.2, -0.15) is 0 Å². The highest BCUT2D eigenvalue weighted by molar-refractivity contribution is 7.17. The van der Waals surface area contributed by atoms with Gasteiger partial charge in [0.05, 0.1) is 5.69 Å². The molecule has 5 nitrogen and oxygen atoms in total. The number of nitrogen functional groups attached to an aromatic ring is 1. The Kier molecular flexibility index (Phi) is 6.79. The van der Waals surface area contributed by atoms with Crippen molar-refractivity contribution in [3.8, 4) is 0 Å². The Balaban J connectivity index is 0.00000131. The summed E-state index contributed by atoms with van der Waals surface area (Å²) >= 11 is 1.30. The predicted molar refractivity (Wildman–Crippen MR) is 115 cm³/mol. The lowest BCUT2D eigenvalue weighted by atomic mass is 9.88. The smallest absolute Gasteiger partial charge is 0.265 e. The van der Waals surface area contributed by atoms with Crippen molar-refractivity contribution in [2.75, 3.05) is 32.4 Å². The number of nitrogens with two attached hydrogens (primary N) is 1. The standard InChI is InChI=1S/C19H24N4OS.2ClH/c1-11-6-4-5-7-14(11)16-15-10-23(9-13(15)8-22(16)3)18(24)17-12(2)21-19(20)25-17;;/h4-7,13,15-16H,8-10H2,1-3H3,(H2,20,21);2*1H/t13-,15+,16-;;/m0../s1. The Morgan fingerprint density at radius 2 is 1.89 bits per heavy atom. The van der Waals surface area contributed by atoms with Gasteiger partial charge in [-0.3, -0.25) is 9.69 Å². The fraction of sp³-hybridized carbons (Fsp3) is 0.474. The lowest BCUT2D eigenvalue weighted by Gasteiger charge is -2.28. The Labute approximate surface area is 176 Å². The number of aromatic nitrogens is 1. The largest absolute Gasteiger partial charge is 0.375 e. The molecule has 0 spiro atoms. The van der Waals surface area contributed by atoms with Crippen LogP contribution in [0, 0.1) is 25.7 Å². The van der Waals surface area contributed by atoms with Crippen LogP contribution >= 0.6 is 36.2 Å². The summed E-state index contributed by atoms with van der Waals surface area (Å²) < 4.78 is 0. The predicted octanol–water partition coefficient (Wildman–Crippen LogP) is 3.56. The molecule has 0 radical (unpaired) electrons. The van der Waals surface area contributed by atoms with Crippen LogP contribution < -0.4 is 5.73 Å². The van der Waals surface area contributed by atoms with Crippen LogP contribution in [0.5, 0.6) is 0 Å². The van der Waals surface area contributed by atoms with Crippen molar-refractivity contribution < 1.29 is 4.79 Å². The summed E-state index contributed by atoms with van der Waals surface area (Å²) in [6, 6.07) is 9.00. The Morgan fingerprint density at radius 1 is 1.19 bits per heavy atom. The number of fused-ring (bicyclic) bond motifs is 1. The first-order valence-electron chi connectivity index (χ1n) is 8.73. The van der Waals surface area contributed by atoms with E-state index < -0.39 is 0 Å². The average Bonchev–Trinajstić information content (AvgIpc) is 3.20. The molecule has 27 heavy (non-hydrogen) atoms. The van der Waals surface area contributed by atoms with E-state index in [1.165, 1.54) is 22.5 Å². The topological polar surface area (TPSA) is 62.5 Å². The molecule has 0 bridgehead atoms. The number of thiazole rings is 1. The highest BCUT2D eigenvalue weighted by Gasteiger charge is 2.47. The van der Waals surface area contributed by atoms with Crippen molar-refractivity contribution in [3.05, 3.63) is 46.0 Å². The summed E-state index contributed by atoms with van der Waals surface area (Å²) in [4.78, 5) is 22.3. The van der Waals surface area contributed by atoms with E-state index in [9.17, 15) is 4.79 Å². The molecule has 1 aromatic carbocycles. The molecule has 148 valence electrons. The molecule has 2 N–H and O–H groups in total. The maximum atomic E-state index is 12.9. The first-order chi connectivity index (χ1) is 12.0.